The minimum atomic E-state index is -0.0100. The topological polar surface area (TPSA) is 50.8 Å². The van der Waals surface area contributed by atoms with Gasteiger partial charge in [-0.1, -0.05) is 84.4 Å². The number of nitrogens with zero attached hydrogens (tertiary/aromatic N) is 2. The highest BCUT2D eigenvalue weighted by molar-refractivity contribution is 5.96. The van der Waals surface area contributed by atoms with Crippen molar-refractivity contribution < 1.29 is 4.79 Å². The van der Waals surface area contributed by atoms with Crippen molar-refractivity contribution in [3.8, 4) is 22.4 Å². The predicted molar refractivity (Wildman–Crippen MR) is 116 cm³/mol. The summed E-state index contributed by atoms with van der Waals surface area (Å²) in [5, 5.41) is 8.38. The number of hydrogen-bond donors (Lipinski definition) is 1. The van der Waals surface area contributed by atoms with E-state index in [1.54, 1.807) is 9.13 Å². The van der Waals surface area contributed by atoms with E-state index in [2.05, 4.69) is 24.3 Å². The number of ketones is 1. The normalized spacial score (nSPS) is 10.8. The first-order valence-corrected chi connectivity index (χ1v) is 9.59. The molecule has 0 spiro atoms. The second kappa shape index (κ2) is 7.76. The van der Waals surface area contributed by atoms with Crippen LogP contribution in [0.2, 0.25) is 0 Å². The Hall–Kier alpha value is -3.66. The van der Waals surface area contributed by atoms with Gasteiger partial charge in [0.05, 0.1) is 12.2 Å². The maximum atomic E-state index is 12.8. The number of aryl methyl sites for hydroxylation is 1. The summed E-state index contributed by atoms with van der Waals surface area (Å²) in [7, 11) is 1.85. The zero-order valence-electron chi connectivity index (χ0n) is 16.6. The number of nitrogens with one attached hydrogen (secondary N) is 1. The molecule has 0 fully saturated rings. The van der Waals surface area contributed by atoms with Crippen LogP contribution in [0, 0.1) is 12.3 Å². The lowest BCUT2D eigenvalue weighted by Gasteiger charge is -2.05. The summed E-state index contributed by atoms with van der Waals surface area (Å²) >= 11 is 0. The summed E-state index contributed by atoms with van der Waals surface area (Å²) in [6, 6.07) is 25.9. The number of aromatic nitrogens is 2. The summed E-state index contributed by atoms with van der Waals surface area (Å²) in [5.41, 5.74) is 6.30. The van der Waals surface area contributed by atoms with Crippen molar-refractivity contribution in [1.29, 1.82) is 5.41 Å². The molecule has 0 amide bonds. The maximum Gasteiger partial charge on any atom is 0.202 e. The van der Waals surface area contributed by atoms with Crippen molar-refractivity contribution in [3.05, 3.63) is 102 Å². The average Bonchev–Trinajstić information content (AvgIpc) is 3.03. The molecule has 144 valence electrons. The Bertz CT molecular complexity index is 1200. The monoisotopic (exact) mass is 381 g/mol. The zero-order chi connectivity index (χ0) is 20.4. The van der Waals surface area contributed by atoms with E-state index in [0.29, 0.717) is 11.2 Å². The van der Waals surface area contributed by atoms with Crippen LogP contribution < -0.4 is 5.62 Å². The van der Waals surface area contributed by atoms with Crippen molar-refractivity contribution in [2.75, 3.05) is 0 Å². The van der Waals surface area contributed by atoms with Gasteiger partial charge in [-0.2, -0.15) is 0 Å². The fourth-order valence-corrected chi connectivity index (χ4v) is 3.44. The van der Waals surface area contributed by atoms with Crippen molar-refractivity contribution >= 4 is 5.78 Å². The Morgan fingerprint density at radius 2 is 1.41 bits per heavy atom. The van der Waals surface area contributed by atoms with Crippen LogP contribution in [-0.2, 0) is 13.6 Å². The first-order valence-electron chi connectivity index (χ1n) is 9.59. The molecule has 4 aromatic rings. The first-order chi connectivity index (χ1) is 14.0. The highest BCUT2D eigenvalue weighted by Crippen LogP contribution is 2.20. The largest absolute Gasteiger partial charge is 0.314 e. The minimum absolute atomic E-state index is 0.0100. The van der Waals surface area contributed by atoms with Crippen LogP contribution >= 0.6 is 0 Å². The predicted octanol–water partition coefficient (Wildman–Crippen LogP) is 4.83. The molecular weight excluding hydrogens is 358 g/mol. The minimum Gasteiger partial charge on any atom is -0.314 e. The molecule has 0 aliphatic rings. The number of imidazole rings is 1. The van der Waals surface area contributed by atoms with E-state index in [9.17, 15) is 4.79 Å². The lowest BCUT2D eigenvalue weighted by molar-refractivity contribution is 0.0970. The van der Waals surface area contributed by atoms with Gasteiger partial charge in [0.1, 0.15) is 0 Å². The number of carbonyl (C=O) groups is 1. The quantitative estimate of drug-likeness (QED) is 0.495. The Balaban J connectivity index is 1.56. The molecule has 0 unspecified atom stereocenters. The third kappa shape index (κ3) is 3.83. The second-order valence-corrected chi connectivity index (χ2v) is 7.26. The number of hydrogen-bond acceptors (Lipinski definition) is 2. The van der Waals surface area contributed by atoms with E-state index in [4.69, 9.17) is 5.41 Å². The van der Waals surface area contributed by atoms with Gasteiger partial charge in [0.25, 0.3) is 0 Å². The van der Waals surface area contributed by atoms with Gasteiger partial charge >= 0.3 is 0 Å². The molecule has 3 aromatic carbocycles. The second-order valence-electron chi connectivity index (χ2n) is 7.26. The fraction of sp³-hybridized carbons (Fsp3) is 0.120. The smallest absolute Gasteiger partial charge is 0.202 e. The van der Waals surface area contributed by atoms with Crippen molar-refractivity contribution in [2.24, 2.45) is 7.05 Å². The SMILES string of the molecule is Cc1ccc(-c2cn(CC(=O)c3ccc(-c4ccccc4)cc3)c(=N)n2C)cc1. The molecule has 0 radical (unpaired) electrons. The van der Waals surface area contributed by atoms with E-state index in [0.717, 1.165) is 22.4 Å². The average molecular weight is 381 g/mol. The lowest BCUT2D eigenvalue weighted by atomic mass is 10.0. The number of benzene rings is 3. The van der Waals surface area contributed by atoms with Gasteiger partial charge in [0.2, 0.25) is 5.62 Å². The van der Waals surface area contributed by atoms with Gasteiger partial charge in [0.15, 0.2) is 5.78 Å². The van der Waals surface area contributed by atoms with Gasteiger partial charge in [-0.15, -0.1) is 0 Å². The van der Waals surface area contributed by atoms with Crippen LogP contribution in [0.15, 0.2) is 85.1 Å². The van der Waals surface area contributed by atoms with Gasteiger partial charge < -0.3 is 9.13 Å². The van der Waals surface area contributed by atoms with E-state index >= 15 is 0 Å². The van der Waals surface area contributed by atoms with Crippen LogP contribution in [0.5, 0.6) is 0 Å². The van der Waals surface area contributed by atoms with E-state index < -0.39 is 0 Å². The maximum absolute atomic E-state index is 12.8. The van der Waals surface area contributed by atoms with E-state index in [1.165, 1.54) is 5.56 Å². The van der Waals surface area contributed by atoms with Crippen LogP contribution in [0.4, 0.5) is 0 Å². The molecule has 29 heavy (non-hydrogen) atoms. The highest BCUT2D eigenvalue weighted by Gasteiger charge is 2.12. The summed E-state index contributed by atoms with van der Waals surface area (Å²) < 4.78 is 3.50. The van der Waals surface area contributed by atoms with Crippen LogP contribution in [0.3, 0.4) is 0 Å². The summed E-state index contributed by atoms with van der Waals surface area (Å²) in [4.78, 5) is 12.8. The molecule has 0 bridgehead atoms. The molecule has 0 saturated heterocycles. The first kappa shape index (κ1) is 18.7. The molecule has 4 heteroatoms. The Morgan fingerprint density at radius 1 is 0.828 bits per heavy atom. The standard InChI is InChI=1S/C25H23N3O/c1-18-8-10-21(11-9-18)23-16-28(25(26)27(23)2)17-24(29)22-14-12-20(13-15-22)19-6-4-3-5-7-19/h3-16,26H,17H2,1-2H3. The summed E-state index contributed by atoms with van der Waals surface area (Å²) in [6.07, 6.45) is 1.88. The van der Waals surface area contributed by atoms with Crippen molar-refractivity contribution in [2.45, 2.75) is 13.5 Å². The lowest BCUT2D eigenvalue weighted by Crippen LogP contribution is -2.25. The molecule has 0 atom stereocenters. The highest BCUT2D eigenvalue weighted by atomic mass is 16.1. The Morgan fingerprint density at radius 3 is 2.07 bits per heavy atom. The van der Waals surface area contributed by atoms with Crippen molar-refractivity contribution in [3.63, 3.8) is 0 Å². The molecule has 0 aliphatic heterocycles. The van der Waals surface area contributed by atoms with Crippen molar-refractivity contribution in [1.82, 2.24) is 9.13 Å². The Kier molecular flexibility index (Phi) is 5.00. The van der Waals surface area contributed by atoms with E-state index in [-0.39, 0.29) is 12.3 Å². The molecular formula is C25H23N3O. The molecule has 4 nitrogen and oxygen atoms in total. The Labute approximate surface area is 170 Å². The van der Waals surface area contributed by atoms with Gasteiger partial charge in [0, 0.05) is 18.8 Å². The molecule has 1 heterocycles. The molecule has 0 saturated carbocycles. The number of Topliss-reactive ketones (excluding diaryl/α,β-unsaturated/α-hetero) is 1. The summed E-state index contributed by atoms with van der Waals surface area (Å²) in [5.74, 6) is -0.0100. The fourth-order valence-electron chi connectivity index (χ4n) is 3.44. The molecule has 4 rings (SSSR count). The summed E-state index contributed by atoms with van der Waals surface area (Å²) in [6.45, 7) is 2.19. The molecule has 0 aliphatic carbocycles. The van der Waals surface area contributed by atoms with Crippen LogP contribution in [0.1, 0.15) is 15.9 Å². The number of rotatable bonds is 5. The van der Waals surface area contributed by atoms with Gasteiger partial charge in [-0.05, 0) is 23.6 Å². The van der Waals surface area contributed by atoms with Gasteiger partial charge in [-0.25, -0.2) is 0 Å². The van der Waals surface area contributed by atoms with E-state index in [1.807, 2.05) is 74.8 Å². The van der Waals surface area contributed by atoms with Crippen LogP contribution in [-0.4, -0.2) is 14.9 Å². The van der Waals surface area contributed by atoms with Gasteiger partial charge in [-0.3, -0.25) is 10.2 Å². The zero-order valence-corrected chi connectivity index (χ0v) is 16.6. The van der Waals surface area contributed by atoms with Crippen LogP contribution in [0.25, 0.3) is 22.4 Å². The third-order valence-corrected chi connectivity index (χ3v) is 5.20. The third-order valence-electron chi connectivity index (χ3n) is 5.20. The number of carbonyl (C=O) groups excluding carboxylic acids is 1. The molecule has 1 N–H and O–H groups in total. The molecule has 1 aromatic heterocycles.